The van der Waals surface area contributed by atoms with Crippen molar-refractivity contribution in [2.75, 3.05) is 45.9 Å². The maximum Gasteiger partial charge on any atom is 0.409 e. The molecule has 1 aliphatic rings. The lowest BCUT2D eigenvalue weighted by atomic mass is 10.2. The van der Waals surface area contributed by atoms with Crippen LogP contribution in [0.15, 0.2) is 9.52 Å². The van der Waals surface area contributed by atoms with Gasteiger partial charge in [0.1, 0.15) is 0 Å². The second-order valence-electron chi connectivity index (χ2n) is 6.36. The third kappa shape index (κ3) is 5.60. The van der Waals surface area contributed by atoms with E-state index in [2.05, 4.69) is 25.3 Å². The fourth-order valence-corrected chi connectivity index (χ4v) is 2.60. The van der Waals surface area contributed by atoms with Crippen LogP contribution in [0.5, 0.6) is 0 Å². The molecule has 0 spiro atoms. The van der Waals surface area contributed by atoms with E-state index in [0.29, 0.717) is 38.6 Å². The van der Waals surface area contributed by atoms with Gasteiger partial charge in [-0.1, -0.05) is 19.0 Å². The van der Waals surface area contributed by atoms with Gasteiger partial charge in [0.15, 0.2) is 11.8 Å². The highest BCUT2D eigenvalue weighted by Crippen LogP contribution is 2.10. The van der Waals surface area contributed by atoms with Crippen molar-refractivity contribution in [3.63, 3.8) is 0 Å². The van der Waals surface area contributed by atoms with Gasteiger partial charge in [-0.3, -0.25) is 4.99 Å². The van der Waals surface area contributed by atoms with E-state index in [1.165, 1.54) is 0 Å². The van der Waals surface area contributed by atoms with Crippen LogP contribution >= 0.6 is 0 Å². The maximum absolute atomic E-state index is 11.8. The van der Waals surface area contributed by atoms with Gasteiger partial charge >= 0.3 is 6.09 Å². The molecule has 1 aliphatic heterocycles. The number of nitrogens with zero attached hydrogens (tertiary/aromatic N) is 5. The van der Waals surface area contributed by atoms with Crippen molar-refractivity contribution in [2.24, 2.45) is 4.99 Å². The smallest absolute Gasteiger partial charge is 0.409 e. The van der Waals surface area contributed by atoms with E-state index in [1.807, 2.05) is 27.7 Å². The molecule has 2 heterocycles. The Morgan fingerprint density at radius 3 is 2.54 bits per heavy atom. The van der Waals surface area contributed by atoms with E-state index < -0.39 is 0 Å². The molecule has 146 valence electrons. The number of aliphatic imine (C=N–C) groups is 1. The summed E-state index contributed by atoms with van der Waals surface area (Å²) in [7, 11) is 0. The summed E-state index contributed by atoms with van der Waals surface area (Å²) >= 11 is 0. The van der Waals surface area contributed by atoms with Gasteiger partial charge in [0.2, 0.25) is 5.89 Å². The average Bonchev–Trinajstić information content (AvgIpc) is 3.11. The van der Waals surface area contributed by atoms with Gasteiger partial charge in [-0.05, 0) is 13.8 Å². The van der Waals surface area contributed by atoms with E-state index in [4.69, 9.17) is 9.26 Å². The first kappa shape index (κ1) is 20.0. The Bertz CT molecular complexity index is 593. The molecule has 9 heteroatoms. The van der Waals surface area contributed by atoms with Crippen LogP contribution in [0.2, 0.25) is 0 Å². The Kier molecular flexibility index (Phi) is 7.68. The van der Waals surface area contributed by atoms with Crippen LogP contribution in [-0.2, 0) is 11.2 Å². The number of piperazine rings is 1. The number of rotatable bonds is 6. The molecular formula is C17H30N6O3. The SMILES string of the molecule is CCNC(=NCCc1nc(C(C)C)no1)N1CCN(C(=O)OCC)CC1. The number of hydrogen-bond acceptors (Lipinski definition) is 6. The molecule has 0 saturated carbocycles. The number of guanidine groups is 1. The van der Waals surface area contributed by atoms with Gasteiger partial charge in [0.05, 0.1) is 13.2 Å². The summed E-state index contributed by atoms with van der Waals surface area (Å²) in [6.45, 7) is 12.4. The molecular weight excluding hydrogens is 336 g/mol. The highest BCUT2D eigenvalue weighted by atomic mass is 16.6. The number of amides is 1. The fraction of sp³-hybridized carbons (Fsp3) is 0.765. The largest absolute Gasteiger partial charge is 0.450 e. The van der Waals surface area contributed by atoms with Gasteiger partial charge in [0.25, 0.3) is 0 Å². The minimum absolute atomic E-state index is 0.244. The normalized spacial score (nSPS) is 15.5. The number of carbonyl (C=O) groups is 1. The van der Waals surface area contributed by atoms with E-state index in [0.717, 1.165) is 31.4 Å². The second kappa shape index (κ2) is 9.98. The van der Waals surface area contributed by atoms with Crippen LogP contribution in [0.1, 0.15) is 45.3 Å². The molecule has 0 radical (unpaired) electrons. The standard InChI is InChI=1S/C17H30N6O3/c1-5-18-16(19-8-7-14-20-15(13(3)4)21-26-14)22-9-11-23(12-10-22)17(24)25-6-2/h13H,5-12H2,1-4H3,(H,18,19). The van der Waals surface area contributed by atoms with Gasteiger partial charge in [0, 0.05) is 45.1 Å². The molecule has 9 nitrogen and oxygen atoms in total. The third-order valence-corrected chi connectivity index (χ3v) is 4.03. The molecule has 1 fully saturated rings. The predicted molar refractivity (Wildman–Crippen MR) is 98.2 cm³/mol. The van der Waals surface area contributed by atoms with Crippen LogP contribution in [0.4, 0.5) is 4.79 Å². The molecule has 0 unspecified atom stereocenters. The van der Waals surface area contributed by atoms with Gasteiger partial charge < -0.3 is 24.4 Å². The Balaban J connectivity index is 1.87. The fourth-order valence-electron chi connectivity index (χ4n) is 2.60. The summed E-state index contributed by atoms with van der Waals surface area (Å²) in [5, 5.41) is 7.28. The Labute approximate surface area is 154 Å². The summed E-state index contributed by atoms with van der Waals surface area (Å²) in [6, 6.07) is 0. The van der Waals surface area contributed by atoms with E-state index in [1.54, 1.807) is 4.90 Å². The second-order valence-corrected chi connectivity index (χ2v) is 6.36. The first-order valence-corrected chi connectivity index (χ1v) is 9.32. The Morgan fingerprint density at radius 2 is 1.96 bits per heavy atom. The van der Waals surface area contributed by atoms with E-state index >= 15 is 0 Å². The lowest BCUT2D eigenvalue weighted by molar-refractivity contribution is 0.0914. The van der Waals surface area contributed by atoms with Gasteiger partial charge in [-0.2, -0.15) is 4.98 Å². The van der Waals surface area contributed by atoms with E-state index in [9.17, 15) is 4.79 Å². The van der Waals surface area contributed by atoms with Crippen LogP contribution < -0.4 is 5.32 Å². The molecule has 2 rings (SSSR count). The molecule has 26 heavy (non-hydrogen) atoms. The average molecular weight is 366 g/mol. The zero-order valence-electron chi connectivity index (χ0n) is 16.2. The lowest BCUT2D eigenvalue weighted by Crippen LogP contribution is -2.54. The van der Waals surface area contributed by atoms with Crippen LogP contribution in [0, 0.1) is 0 Å². The molecule has 1 saturated heterocycles. The third-order valence-electron chi connectivity index (χ3n) is 4.03. The van der Waals surface area contributed by atoms with Crippen molar-refractivity contribution >= 4 is 12.1 Å². The van der Waals surface area contributed by atoms with Crippen LogP contribution in [-0.4, -0.2) is 77.9 Å². The number of hydrogen-bond donors (Lipinski definition) is 1. The summed E-state index contributed by atoms with van der Waals surface area (Å²) in [6.07, 6.45) is 0.364. The number of nitrogens with one attached hydrogen (secondary N) is 1. The lowest BCUT2D eigenvalue weighted by Gasteiger charge is -2.35. The van der Waals surface area contributed by atoms with Gasteiger partial charge in [-0.15, -0.1) is 0 Å². The Hall–Kier alpha value is -2.32. The van der Waals surface area contributed by atoms with Crippen molar-refractivity contribution in [2.45, 2.75) is 40.0 Å². The molecule has 0 aliphatic carbocycles. The zero-order valence-corrected chi connectivity index (χ0v) is 16.2. The summed E-state index contributed by atoms with van der Waals surface area (Å²) in [4.78, 5) is 24.7. The first-order valence-electron chi connectivity index (χ1n) is 9.32. The van der Waals surface area contributed by atoms with Crippen molar-refractivity contribution < 1.29 is 14.1 Å². The van der Waals surface area contributed by atoms with Crippen molar-refractivity contribution in [1.29, 1.82) is 0 Å². The Morgan fingerprint density at radius 1 is 1.27 bits per heavy atom. The monoisotopic (exact) mass is 366 g/mol. The molecule has 1 amide bonds. The number of ether oxygens (including phenoxy) is 1. The summed E-state index contributed by atoms with van der Waals surface area (Å²) in [5.74, 6) is 2.44. The highest BCUT2D eigenvalue weighted by molar-refractivity contribution is 5.80. The van der Waals surface area contributed by atoms with Crippen LogP contribution in [0.3, 0.4) is 0 Å². The number of aromatic nitrogens is 2. The van der Waals surface area contributed by atoms with Crippen molar-refractivity contribution in [1.82, 2.24) is 25.3 Å². The minimum Gasteiger partial charge on any atom is -0.450 e. The zero-order chi connectivity index (χ0) is 18.9. The summed E-state index contributed by atoms with van der Waals surface area (Å²) in [5.41, 5.74) is 0. The molecule has 0 bridgehead atoms. The first-order chi connectivity index (χ1) is 12.5. The summed E-state index contributed by atoms with van der Waals surface area (Å²) < 4.78 is 10.3. The minimum atomic E-state index is -0.244. The molecule has 1 N–H and O–H groups in total. The van der Waals surface area contributed by atoms with Crippen molar-refractivity contribution in [3.8, 4) is 0 Å². The van der Waals surface area contributed by atoms with Crippen LogP contribution in [0.25, 0.3) is 0 Å². The van der Waals surface area contributed by atoms with Crippen molar-refractivity contribution in [3.05, 3.63) is 11.7 Å². The molecule has 0 aromatic carbocycles. The molecule has 0 atom stereocenters. The highest BCUT2D eigenvalue weighted by Gasteiger charge is 2.23. The van der Waals surface area contributed by atoms with Gasteiger partial charge in [-0.25, -0.2) is 4.79 Å². The quantitative estimate of drug-likeness (QED) is 0.601. The predicted octanol–water partition coefficient (Wildman–Crippen LogP) is 1.48. The molecule has 1 aromatic heterocycles. The molecule has 1 aromatic rings. The maximum atomic E-state index is 11.8. The van der Waals surface area contributed by atoms with E-state index in [-0.39, 0.29) is 12.0 Å². The topological polar surface area (TPSA) is 96.1 Å². The number of carbonyl (C=O) groups excluding carboxylic acids is 1.